The summed E-state index contributed by atoms with van der Waals surface area (Å²) in [6.07, 6.45) is 2.23. The van der Waals surface area contributed by atoms with Gasteiger partial charge in [-0.3, -0.25) is 0 Å². The van der Waals surface area contributed by atoms with Crippen LogP contribution in [0.15, 0.2) is 41.1 Å². The summed E-state index contributed by atoms with van der Waals surface area (Å²) in [6.45, 7) is 0. The Bertz CT molecular complexity index is 739. The maximum atomic E-state index is 5.63. The van der Waals surface area contributed by atoms with Crippen molar-refractivity contribution < 1.29 is 9.26 Å². The van der Waals surface area contributed by atoms with Gasteiger partial charge in [-0.2, -0.15) is 4.98 Å². The first-order valence-electron chi connectivity index (χ1n) is 6.29. The molecule has 0 unspecified atom stereocenters. The molecule has 0 aromatic carbocycles. The van der Waals surface area contributed by atoms with Gasteiger partial charge in [-0.25, -0.2) is 9.97 Å². The summed E-state index contributed by atoms with van der Waals surface area (Å²) in [4.78, 5) is 12.6. The van der Waals surface area contributed by atoms with Crippen molar-refractivity contribution in [2.24, 2.45) is 0 Å². The standard InChI is InChI=1S/C14H13N5O2/c1-20-13-6-5-9(8-16-13)7-12-18-14(21-19-12)10-3-2-4-11(15)17-10/h2-6,8H,7H2,1H3,(H2,15,17). The summed E-state index contributed by atoms with van der Waals surface area (Å²) in [6, 6.07) is 8.94. The molecule has 0 aliphatic rings. The first-order valence-corrected chi connectivity index (χ1v) is 6.29. The van der Waals surface area contributed by atoms with Crippen LogP contribution in [0, 0.1) is 0 Å². The van der Waals surface area contributed by atoms with Gasteiger partial charge in [-0.15, -0.1) is 0 Å². The Balaban J connectivity index is 1.78. The van der Waals surface area contributed by atoms with Crippen LogP contribution in [0.5, 0.6) is 5.88 Å². The minimum Gasteiger partial charge on any atom is -0.481 e. The third-order valence-corrected chi connectivity index (χ3v) is 2.83. The van der Waals surface area contributed by atoms with Gasteiger partial charge in [0.2, 0.25) is 5.88 Å². The predicted octanol–water partition coefficient (Wildman–Crippen LogP) is 1.71. The van der Waals surface area contributed by atoms with E-state index < -0.39 is 0 Å². The molecular weight excluding hydrogens is 270 g/mol. The van der Waals surface area contributed by atoms with Gasteiger partial charge >= 0.3 is 0 Å². The number of methoxy groups -OCH3 is 1. The molecule has 3 heterocycles. The van der Waals surface area contributed by atoms with Crippen LogP contribution in [0.1, 0.15) is 11.4 Å². The lowest BCUT2D eigenvalue weighted by molar-refractivity contribution is 0.397. The molecule has 0 radical (unpaired) electrons. The number of pyridine rings is 2. The lowest BCUT2D eigenvalue weighted by atomic mass is 10.2. The van der Waals surface area contributed by atoms with Crippen molar-refractivity contribution in [3.63, 3.8) is 0 Å². The Morgan fingerprint density at radius 2 is 2.10 bits per heavy atom. The zero-order chi connectivity index (χ0) is 14.7. The first-order chi connectivity index (χ1) is 10.2. The summed E-state index contributed by atoms with van der Waals surface area (Å²) in [5, 5.41) is 3.93. The molecule has 7 heteroatoms. The van der Waals surface area contributed by atoms with Gasteiger partial charge in [0.15, 0.2) is 5.82 Å². The second-order valence-corrected chi connectivity index (χ2v) is 4.35. The number of nitrogens with zero attached hydrogens (tertiary/aromatic N) is 4. The van der Waals surface area contributed by atoms with Crippen LogP contribution in [0.4, 0.5) is 5.82 Å². The quantitative estimate of drug-likeness (QED) is 0.777. The van der Waals surface area contributed by atoms with E-state index in [-0.39, 0.29) is 0 Å². The fourth-order valence-electron chi connectivity index (χ4n) is 1.82. The highest BCUT2D eigenvalue weighted by molar-refractivity contribution is 5.50. The molecule has 0 aliphatic heterocycles. The topological polar surface area (TPSA) is 100.0 Å². The van der Waals surface area contributed by atoms with Crippen LogP contribution in [-0.2, 0) is 6.42 Å². The first kappa shape index (κ1) is 13.0. The second-order valence-electron chi connectivity index (χ2n) is 4.35. The average molecular weight is 283 g/mol. The predicted molar refractivity (Wildman–Crippen MR) is 75.5 cm³/mol. The monoisotopic (exact) mass is 283 g/mol. The van der Waals surface area contributed by atoms with Crippen molar-refractivity contribution in [2.45, 2.75) is 6.42 Å². The molecule has 3 rings (SSSR count). The Morgan fingerprint density at radius 3 is 2.81 bits per heavy atom. The average Bonchev–Trinajstić information content (AvgIpc) is 2.97. The lowest BCUT2D eigenvalue weighted by Crippen LogP contribution is -1.94. The molecular formula is C14H13N5O2. The van der Waals surface area contributed by atoms with Gasteiger partial charge in [-0.1, -0.05) is 17.3 Å². The maximum absolute atomic E-state index is 5.63. The van der Waals surface area contributed by atoms with Crippen molar-refractivity contribution in [1.29, 1.82) is 0 Å². The molecule has 7 nitrogen and oxygen atoms in total. The minimum absolute atomic E-state index is 0.346. The fraction of sp³-hybridized carbons (Fsp3) is 0.143. The number of ether oxygens (including phenoxy) is 1. The number of rotatable bonds is 4. The van der Waals surface area contributed by atoms with E-state index in [4.69, 9.17) is 15.0 Å². The molecule has 0 atom stereocenters. The third kappa shape index (κ3) is 2.97. The number of hydrogen-bond acceptors (Lipinski definition) is 7. The molecule has 3 aromatic rings. The number of aromatic nitrogens is 4. The zero-order valence-electron chi connectivity index (χ0n) is 11.4. The summed E-state index contributed by atoms with van der Waals surface area (Å²) in [7, 11) is 1.58. The van der Waals surface area contributed by atoms with E-state index in [2.05, 4.69) is 20.1 Å². The molecule has 106 valence electrons. The number of hydrogen-bond donors (Lipinski definition) is 1. The molecule has 0 bridgehead atoms. The van der Waals surface area contributed by atoms with Gasteiger partial charge in [0.1, 0.15) is 11.5 Å². The molecule has 0 saturated carbocycles. The van der Waals surface area contributed by atoms with Gasteiger partial charge < -0.3 is 15.0 Å². The maximum Gasteiger partial charge on any atom is 0.276 e. The molecule has 21 heavy (non-hydrogen) atoms. The van der Waals surface area contributed by atoms with Gasteiger partial charge in [0.05, 0.1) is 7.11 Å². The lowest BCUT2D eigenvalue weighted by Gasteiger charge is -1.99. The summed E-state index contributed by atoms with van der Waals surface area (Å²) >= 11 is 0. The van der Waals surface area contributed by atoms with Crippen molar-refractivity contribution >= 4 is 5.82 Å². The normalized spacial score (nSPS) is 10.5. The Hall–Kier alpha value is -2.96. The summed E-state index contributed by atoms with van der Waals surface area (Å²) in [5.74, 6) is 1.88. The SMILES string of the molecule is COc1ccc(Cc2noc(-c3cccc(N)n3)n2)cn1. The van der Waals surface area contributed by atoms with Crippen molar-refractivity contribution in [3.05, 3.63) is 47.9 Å². The second kappa shape index (κ2) is 5.58. The highest BCUT2D eigenvalue weighted by Crippen LogP contribution is 2.17. The van der Waals surface area contributed by atoms with Gasteiger partial charge in [0.25, 0.3) is 5.89 Å². The Kier molecular flexibility index (Phi) is 3.46. The molecule has 0 saturated heterocycles. The molecule has 2 N–H and O–H groups in total. The number of nitrogen functional groups attached to an aromatic ring is 1. The molecule has 0 spiro atoms. The fourth-order valence-corrected chi connectivity index (χ4v) is 1.82. The van der Waals surface area contributed by atoms with Crippen LogP contribution in [0.25, 0.3) is 11.6 Å². The van der Waals surface area contributed by atoms with Crippen molar-refractivity contribution in [3.8, 4) is 17.5 Å². The Labute approximate surface area is 120 Å². The van der Waals surface area contributed by atoms with E-state index >= 15 is 0 Å². The van der Waals surface area contributed by atoms with Crippen LogP contribution < -0.4 is 10.5 Å². The molecule has 0 aliphatic carbocycles. The summed E-state index contributed by atoms with van der Waals surface area (Å²) in [5.41, 5.74) is 7.15. The van der Waals surface area contributed by atoms with Crippen LogP contribution in [-0.4, -0.2) is 27.2 Å². The summed E-state index contributed by atoms with van der Waals surface area (Å²) < 4.78 is 10.2. The van der Waals surface area contributed by atoms with E-state index in [0.29, 0.717) is 35.5 Å². The minimum atomic E-state index is 0.346. The van der Waals surface area contributed by atoms with Gasteiger partial charge in [-0.05, 0) is 17.7 Å². The van der Waals surface area contributed by atoms with Crippen LogP contribution >= 0.6 is 0 Å². The van der Waals surface area contributed by atoms with Crippen molar-refractivity contribution in [1.82, 2.24) is 20.1 Å². The Morgan fingerprint density at radius 1 is 1.19 bits per heavy atom. The van der Waals surface area contributed by atoms with E-state index in [1.807, 2.05) is 6.07 Å². The molecule has 3 aromatic heterocycles. The molecule has 0 amide bonds. The van der Waals surface area contributed by atoms with E-state index in [9.17, 15) is 0 Å². The largest absolute Gasteiger partial charge is 0.481 e. The zero-order valence-corrected chi connectivity index (χ0v) is 11.4. The highest BCUT2D eigenvalue weighted by atomic mass is 16.5. The van der Waals surface area contributed by atoms with E-state index in [1.54, 1.807) is 37.6 Å². The number of anilines is 1. The van der Waals surface area contributed by atoms with Crippen LogP contribution in [0.2, 0.25) is 0 Å². The van der Waals surface area contributed by atoms with E-state index in [0.717, 1.165) is 5.56 Å². The van der Waals surface area contributed by atoms with Crippen LogP contribution in [0.3, 0.4) is 0 Å². The third-order valence-electron chi connectivity index (χ3n) is 2.83. The van der Waals surface area contributed by atoms with E-state index in [1.165, 1.54) is 0 Å². The smallest absolute Gasteiger partial charge is 0.276 e. The van der Waals surface area contributed by atoms with Crippen molar-refractivity contribution in [2.75, 3.05) is 12.8 Å². The molecule has 0 fully saturated rings. The van der Waals surface area contributed by atoms with Gasteiger partial charge in [0, 0.05) is 18.7 Å². The highest BCUT2D eigenvalue weighted by Gasteiger charge is 2.11. The number of nitrogens with two attached hydrogens (primary N) is 1.